The second kappa shape index (κ2) is 7.87. The van der Waals surface area contributed by atoms with Gasteiger partial charge in [0.1, 0.15) is 11.5 Å². The van der Waals surface area contributed by atoms with Crippen LogP contribution in [0.4, 0.5) is 0 Å². The number of aryl methyl sites for hydroxylation is 1. The molecule has 0 aliphatic carbocycles. The van der Waals surface area contributed by atoms with Gasteiger partial charge in [-0.15, -0.1) is 17.9 Å². The average Bonchev–Trinajstić information content (AvgIpc) is 3.19. The Labute approximate surface area is 159 Å². The zero-order chi connectivity index (χ0) is 17.8. The number of nitrogens with zero attached hydrogens (tertiary/aromatic N) is 3. The highest BCUT2D eigenvalue weighted by Crippen LogP contribution is 2.30. The molecular formula is C18H15Cl2N3OS. The van der Waals surface area contributed by atoms with Gasteiger partial charge in [0.05, 0.1) is 23.5 Å². The summed E-state index contributed by atoms with van der Waals surface area (Å²) < 4.78 is 7.26. The molecule has 7 heteroatoms. The zero-order valence-corrected chi connectivity index (χ0v) is 15.8. The number of halogens is 2. The lowest BCUT2D eigenvalue weighted by atomic mass is 10.2. The summed E-state index contributed by atoms with van der Waals surface area (Å²) in [6.45, 7) is 6.09. The van der Waals surface area contributed by atoms with Crippen LogP contribution in [0.2, 0.25) is 10.0 Å². The lowest BCUT2D eigenvalue weighted by Crippen LogP contribution is -2.12. The Morgan fingerprint density at radius 3 is 2.84 bits per heavy atom. The summed E-state index contributed by atoms with van der Waals surface area (Å²) in [4.78, 5) is 5.21. The molecule has 128 valence electrons. The Kier molecular flexibility index (Phi) is 5.58. The van der Waals surface area contributed by atoms with Gasteiger partial charge in [-0.1, -0.05) is 29.3 Å². The number of thiazole rings is 1. The van der Waals surface area contributed by atoms with Gasteiger partial charge in [0.2, 0.25) is 4.80 Å². The Morgan fingerprint density at radius 1 is 1.28 bits per heavy atom. The maximum Gasteiger partial charge on any atom is 0.206 e. The maximum atomic E-state index is 6.35. The third-order valence-electron chi connectivity index (χ3n) is 3.31. The maximum absolute atomic E-state index is 6.35. The first-order chi connectivity index (χ1) is 12.1. The van der Waals surface area contributed by atoms with Crippen molar-refractivity contribution in [1.29, 1.82) is 0 Å². The molecule has 0 aliphatic heterocycles. The van der Waals surface area contributed by atoms with E-state index >= 15 is 0 Å². The van der Waals surface area contributed by atoms with Crippen LogP contribution in [0.5, 0.6) is 0 Å². The summed E-state index contributed by atoms with van der Waals surface area (Å²) in [5, 5.41) is 7.67. The van der Waals surface area contributed by atoms with Crippen LogP contribution in [-0.2, 0) is 0 Å². The molecule has 2 aromatic heterocycles. The first-order valence-corrected chi connectivity index (χ1v) is 9.10. The lowest BCUT2D eigenvalue weighted by Gasteiger charge is -2.06. The molecule has 0 bridgehead atoms. The Bertz CT molecular complexity index is 998. The van der Waals surface area contributed by atoms with E-state index in [2.05, 4.69) is 16.7 Å². The summed E-state index contributed by atoms with van der Waals surface area (Å²) in [5.41, 5.74) is 1.60. The molecule has 25 heavy (non-hydrogen) atoms. The lowest BCUT2D eigenvalue weighted by molar-refractivity contribution is 0.527. The Balaban J connectivity index is 2.13. The van der Waals surface area contributed by atoms with Gasteiger partial charge in [-0.3, -0.25) is 4.99 Å². The van der Waals surface area contributed by atoms with Crippen molar-refractivity contribution in [3.05, 3.63) is 74.7 Å². The molecule has 0 unspecified atom stereocenters. The molecule has 0 atom stereocenters. The molecule has 0 saturated carbocycles. The van der Waals surface area contributed by atoms with Crippen molar-refractivity contribution in [3.63, 3.8) is 0 Å². The number of aromatic nitrogens is 1. The van der Waals surface area contributed by atoms with Gasteiger partial charge in [-0.2, -0.15) is 5.10 Å². The van der Waals surface area contributed by atoms with Crippen molar-refractivity contribution in [3.8, 4) is 11.3 Å². The number of hydrogen-bond acceptors (Lipinski definition) is 4. The van der Waals surface area contributed by atoms with E-state index in [1.165, 1.54) is 11.3 Å². The van der Waals surface area contributed by atoms with Crippen LogP contribution in [0, 0.1) is 6.92 Å². The van der Waals surface area contributed by atoms with Crippen LogP contribution in [0.15, 0.2) is 62.9 Å². The zero-order valence-electron chi connectivity index (χ0n) is 13.4. The molecule has 2 heterocycles. The predicted octanol–water partition coefficient (Wildman–Crippen LogP) is 5.39. The summed E-state index contributed by atoms with van der Waals surface area (Å²) in [7, 11) is 0. The highest BCUT2D eigenvalue weighted by atomic mass is 35.5. The molecule has 0 aliphatic rings. The van der Waals surface area contributed by atoms with Gasteiger partial charge in [0.25, 0.3) is 0 Å². The minimum Gasteiger partial charge on any atom is -0.460 e. The first-order valence-electron chi connectivity index (χ1n) is 7.46. The SMILES string of the molecule is C=CCN=c1scc(-c2cc(Cl)ccc2Cl)n1N=Cc1ccc(C)o1. The topological polar surface area (TPSA) is 42.8 Å². The average molecular weight is 392 g/mol. The fourth-order valence-electron chi connectivity index (χ4n) is 2.18. The molecule has 3 aromatic rings. The molecule has 3 rings (SSSR count). The van der Waals surface area contributed by atoms with E-state index < -0.39 is 0 Å². The van der Waals surface area contributed by atoms with Crippen molar-refractivity contribution in [2.45, 2.75) is 6.92 Å². The molecule has 0 N–H and O–H groups in total. The molecule has 4 nitrogen and oxygen atoms in total. The van der Waals surface area contributed by atoms with Crippen LogP contribution < -0.4 is 4.80 Å². The van der Waals surface area contributed by atoms with E-state index in [1.54, 1.807) is 29.1 Å². The fraction of sp³-hybridized carbons (Fsp3) is 0.111. The van der Waals surface area contributed by atoms with E-state index in [9.17, 15) is 0 Å². The minimum absolute atomic E-state index is 0.499. The Morgan fingerprint density at radius 2 is 2.12 bits per heavy atom. The highest BCUT2D eigenvalue weighted by Gasteiger charge is 2.11. The second-order valence-electron chi connectivity index (χ2n) is 5.16. The van der Waals surface area contributed by atoms with Gasteiger partial charge < -0.3 is 4.42 Å². The molecule has 0 radical (unpaired) electrons. The van der Waals surface area contributed by atoms with Crippen molar-refractivity contribution < 1.29 is 4.42 Å². The van der Waals surface area contributed by atoms with Crippen LogP contribution in [0.3, 0.4) is 0 Å². The van der Waals surface area contributed by atoms with Crippen molar-refractivity contribution in [2.75, 3.05) is 6.54 Å². The van der Waals surface area contributed by atoms with E-state index in [0.717, 1.165) is 21.8 Å². The highest BCUT2D eigenvalue weighted by molar-refractivity contribution is 7.07. The van der Waals surface area contributed by atoms with Crippen molar-refractivity contribution in [2.24, 2.45) is 10.1 Å². The monoisotopic (exact) mass is 391 g/mol. The molecular weight excluding hydrogens is 377 g/mol. The number of hydrogen-bond donors (Lipinski definition) is 0. The number of rotatable bonds is 5. The summed E-state index contributed by atoms with van der Waals surface area (Å²) in [5.74, 6) is 1.49. The van der Waals surface area contributed by atoms with Crippen LogP contribution >= 0.6 is 34.5 Å². The van der Waals surface area contributed by atoms with Gasteiger partial charge in [-0.25, -0.2) is 4.68 Å². The number of benzene rings is 1. The largest absolute Gasteiger partial charge is 0.460 e. The first kappa shape index (κ1) is 17.7. The normalized spacial score (nSPS) is 12.2. The van der Waals surface area contributed by atoms with Gasteiger partial charge in [0.15, 0.2) is 0 Å². The molecule has 0 fully saturated rings. The number of furan rings is 1. The van der Waals surface area contributed by atoms with E-state index in [4.69, 9.17) is 27.6 Å². The second-order valence-corrected chi connectivity index (χ2v) is 6.84. The predicted molar refractivity (Wildman–Crippen MR) is 105 cm³/mol. The van der Waals surface area contributed by atoms with E-state index in [-0.39, 0.29) is 0 Å². The van der Waals surface area contributed by atoms with Crippen LogP contribution in [0.1, 0.15) is 11.5 Å². The van der Waals surface area contributed by atoms with E-state index in [1.807, 2.05) is 30.5 Å². The third-order valence-corrected chi connectivity index (χ3v) is 4.73. The van der Waals surface area contributed by atoms with Crippen LogP contribution in [0.25, 0.3) is 11.3 Å². The molecule has 0 spiro atoms. The Hall–Kier alpha value is -2.08. The fourth-order valence-corrected chi connectivity index (χ4v) is 3.40. The quantitative estimate of drug-likeness (QED) is 0.424. The van der Waals surface area contributed by atoms with Gasteiger partial charge >= 0.3 is 0 Å². The molecule has 1 aromatic carbocycles. The summed E-state index contributed by atoms with van der Waals surface area (Å²) in [6.07, 6.45) is 3.38. The van der Waals surface area contributed by atoms with E-state index in [0.29, 0.717) is 22.4 Å². The van der Waals surface area contributed by atoms with Crippen molar-refractivity contribution in [1.82, 2.24) is 4.68 Å². The standard InChI is InChI=1S/C18H15Cl2N3OS/c1-3-8-21-18-23(22-10-14-6-4-12(2)24-14)17(11-25-18)15-9-13(19)5-7-16(15)20/h3-7,9-11H,1,8H2,2H3. The third kappa shape index (κ3) is 4.12. The molecule has 0 amide bonds. The summed E-state index contributed by atoms with van der Waals surface area (Å²) >= 11 is 14.0. The molecule has 0 saturated heterocycles. The minimum atomic E-state index is 0.499. The summed E-state index contributed by atoms with van der Waals surface area (Å²) in [6, 6.07) is 9.07. The van der Waals surface area contributed by atoms with Gasteiger partial charge in [-0.05, 0) is 37.3 Å². The van der Waals surface area contributed by atoms with Crippen molar-refractivity contribution >= 4 is 40.8 Å². The van der Waals surface area contributed by atoms with Gasteiger partial charge in [0, 0.05) is 16.0 Å². The van der Waals surface area contributed by atoms with Crippen LogP contribution in [-0.4, -0.2) is 17.4 Å². The smallest absolute Gasteiger partial charge is 0.206 e.